The number of benzene rings is 2. The molecule has 1 unspecified atom stereocenters. The number of fused-ring (bicyclic) bond motifs is 1. The molecule has 0 fully saturated rings. The van der Waals surface area contributed by atoms with Gasteiger partial charge in [0.2, 0.25) is 5.91 Å². The van der Waals surface area contributed by atoms with Gasteiger partial charge in [0.1, 0.15) is 5.82 Å². The summed E-state index contributed by atoms with van der Waals surface area (Å²) < 4.78 is 15.2. The van der Waals surface area contributed by atoms with Crippen molar-refractivity contribution in [1.29, 1.82) is 0 Å². The highest BCUT2D eigenvalue weighted by Crippen LogP contribution is 2.24. The van der Waals surface area contributed by atoms with Gasteiger partial charge in [0.15, 0.2) is 5.16 Å². The highest BCUT2D eigenvalue weighted by molar-refractivity contribution is 8.00. The van der Waals surface area contributed by atoms with Gasteiger partial charge in [-0.05, 0) is 50.1 Å². The number of thioether (sulfide) groups is 1. The number of aromatic nitrogens is 2. The molecule has 1 aromatic heterocycles. The summed E-state index contributed by atoms with van der Waals surface area (Å²) in [5, 5.41) is 12.2. The van der Waals surface area contributed by atoms with Crippen LogP contribution in [0.5, 0.6) is 0 Å². The summed E-state index contributed by atoms with van der Waals surface area (Å²) in [6.07, 6.45) is 0.400. The van der Waals surface area contributed by atoms with Crippen LogP contribution in [0.1, 0.15) is 18.9 Å². The van der Waals surface area contributed by atoms with Crippen LogP contribution < -0.4 is 10.9 Å². The number of nitrogens with zero attached hydrogens (tertiary/aromatic N) is 2. The van der Waals surface area contributed by atoms with Crippen molar-refractivity contribution in [3.05, 3.63) is 64.2 Å². The number of halogens is 1. The molecular formula is C21H22FN3O3S. The van der Waals surface area contributed by atoms with Gasteiger partial charge in [0, 0.05) is 18.8 Å². The van der Waals surface area contributed by atoms with Crippen molar-refractivity contribution in [2.75, 3.05) is 11.9 Å². The van der Waals surface area contributed by atoms with Gasteiger partial charge in [-0.2, -0.15) is 0 Å². The maximum absolute atomic E-state index is 13.7. The number of nitrogens with one attached hydrogen (secondary N) is 1. The van der Waals surface area contributed by atoms with Crippen LogP contribution >= 0.6 is 11.8 Å². The molecule has 1 atom stereocenters. The second kappa shape index (κ2) is 9.19. The Hall–Kier alpha value is -2.71. The summed E-state index contributed by atoms with van der Waals surface area (Å²) in [7, 11) is 0. The van der Waals surface area contributed by atoms with Crippen molar-refractivity contribution in [3.63, 3.8) is 0 Å². The smallest absolute Gasteiger partial charge is 0.262 e. The molecule has 152 valence electrons. The second-order valence-electron chi connectivity index (χ2n) is 6.66. The number of para-hydroxylation sites is 1. The lowest BCUT2D eigenvalue weighted by atomic mass is 10.2. The molecule has 3 rings (SSSR count). The molecule has 2 N–H and O–H groups in total. The molecule has 8 heteroatoms. The Bertz CT molecular complexity index is 1100. The standard InChI is InChI=1S/C21H22FN3O3S/c1-13-8-9-15(12-17(13)22)23-19(27)14(2)29-21-24-18-7-4-3-6-16(18)20(28)25(21)10-5-11-26/h3-4,6-9,12,14,26H,5,10-11H2,1-2H3,(H,23,27). The number of anilines is 1. The van der Waals surface area contributed by atoms with Crippen LogP contribution in [-0.2, 0) is 11.3 Å². The van der Waals surface area contributed by atoms with E-state index in [2.05, 4.69) is 10.3 Å². The molecule has 3 aromatic rings. The predicted octanol–water partition coefficient (Wildman–Crippen LogP) is 3.35. The van der Waals surface area contributed by atoms with Crippen LogP contribution in [-0.4, -0.2) is 32.4 Å². The number of carbonyl (C=O) groups excluding carboxylic acids is 1. The molecule has 2 aromatic carbocycles. The third-order valence-electron chi connectivity index (χ3n) is 4.46. The number of hydrogen-bond acceptors (Lipinski definition) is 5. The van der Waals surface area contributed by atoms with Gasteiger partial charge in [-0.1, -0.05) is 30.0 Å². The molecule has 29 heavy (non-hydrogen) atoms. The molecule has 0 aliphatic rings. The Morgan fingerprint density at radius 3 is 2.79 bits per heavy atom. The van der Waals surface area contributed by atoms with E-state index in [4.69, 9.17) is 5.11 Å². The van der Waals surface area contributed by atoms with Crippen LogP contribution in [0.4, 0.5) is 10.1 Å². The van der Waals surface area contributed by atoms with E-state index in [1.165, 1.54) is 10.6 Å². The summed E-state index contributed by atoms with van der Waals surface area (Å²) in [5.74, 6) is -0.716. The number of carbonyl (C=O) groups is 1. The summed E-state index contributed by atoms with van der Waals surface area (Å²) >= 11 is 1.15. The normalized spacial score (nSPS) is 12.1. The van der Waals surface area contributed by atoms with E-state index in [-0.39, 0.29) is 18.1 Å². The molecule has 0 bridgehead atoms. The first-order valence-electron chi connectivity index (χ1n) is 9.25. The molecule has 0 saturated heterocycles. The maximum atomic E-state index is 13.7. The second-order valence-corrected chi connectivity index (χ2v) is 7.97. The lowest BCUT2D eigenvalue weighted by molar-refractivity contribution is -0.115. The maximum Gasteiger partial charge on any atom is 0.262 e. The van der Waals surface area contributed by atoms with E-state index in [9.17, 15) is 14.0 Å². The zero-order valence-corrected chi connectivity index (χ0v) is 17.0. The molecule has 0 saturated carbocycles. The largest absolute Gasteiger partial charge is 0.396 e. The van der Waals surface area contributed by atoms with Crippen LogP contribution in [0, 0.1) is 12.7 Å². The van der Waals surface area contributed by atoms with Crippen LogP contribution in [0.15, 0.2) is 52.4 Å². The fraction of sp³-hybridized carbons (Fsp3) is 0.286. The minimum Gasteiger partial charge on any atom is -0.396 e. The minimum atomic E-state index is -0.576. The third kappa shape index (κ3) is 4.83. The molecule has 0 spiro atoms. The summed E-state index contributed by atoms with van der Waals surface area (Å²) in [4.78, 5) is 30.0. The highest BCUT2D eigenvalue weighted by atomic mass is 32.2. The average Bonchev–Trinajstić information content (AvgIpc) is 2.70. The Balaban J connectivity index is 1.86. The van der Waals surface area contributed by atoms with Gasteiger partial charge < -0.3 is 10.4 Å². The molecule has 0 radical (unpaired) electrons. The van der Waals surface area contributed by atoms with Gasteiger partial charge in [-0.25, -0.2) is 9.37 Å². The molecule has 1 heterocycles. The van der Waals surface area contributed by atoms with Crippen molar-refractivity contribution >= 4 is 34.3 Å². The Morgan fingerprint density at radius 1 is 1.31 bits per heavy atom. The first-order chi connectivity index (χ1) is 13.9. The molecule has 1 amide bonds. The van der Waals surface area contributed by atoms with E-state index < -0.39 is 11.1 Å². The number of aliphatic hydroxyl groups is 1. The highest BCUT2D eigenvalue weighted by Gasteiger charge is 2.20. The quantitative estimate of drug-likeness (QED) is 0.457. The predicted molar refractivity (Wildman–Crippen MR) is 113 cm³/mol. The van der Waals surface area contributed by atoms with Gasteiger partial charge in [0.25, 0.3) is 5.56 Å². The Morgan fingerprint density at radius 2 is 2.07 bits per heavy atom. The number of aryl methyl sites for hydroxylation is 1. The zero-order valence-electron chi connectivity index (χ0n) is 16.2. The molecule has 0 aliphatic heterocycles. The Labute approximate surface area is 171 Å². The van der Waals surface area contributed by atoms with Crippen molar-refractivity contribution in [2.24, 2.45) is 0 Å². The first-order valence-corrected chi connectivity index (χ1v) is 10.1. The van der Waals surface area contributed by atoms with Crippen molar-refractivity contribution in [1.82, 2.24) is 9.55 Å². The van der Waals surface area contributed by atoms with Gasteiger partial charge in [-0.3, -0.25) is 14.2 Å². The third-order valence-corrected chi connectivity index (χ3v) is 5.55. The molecule has 0 aliphatic carbocycles. The lowest BCUT2D eigenvalue weighted by Crippen LogP contribution is -2.27. The topological polar surface area (TPSA) is 84.2 Å². The number of rotatable bonds is 7. The van der Waals surface area contributed by atoms with E-state index in [0.717, 1.165) is 11.8 Å². The van der Waals surface area contributed by atoms with E-state index in [0.29, 0.717) is 40.3 Å². The molecular weight excluding hydrogens is 393 g/mol. The van der Waals surface area contributed by atoms with Crippen molar-refractivity contribution in [2.45, 2.75) is 37.2 Å². The van der Waals surface area contributed by atoms with Crippen molar-refractivity contribution < 1.29 is 14.3 Å². The monoisotopic (exact) mass is 415 g/mol. The fourth-order valence-corrected chi connectivity index (χ4v) is 3.72. The minimum absolute atomic E-state index is 0.0571. The summed E-state index contributed by atoms with van der Waals surface area (Å²) in [5.41, 5.74) is 1.21. The Kier molecular flexibility index (Phi) is 6.66. The van der Waals surface area contributed by atoms with Gasteiger partial charge in [-0.15, -0.1) is 0 Å². The average molecular weight is 415 g/mol. The zero-order chi connectivity index (χ0) is 21.0. The number of amides is 1. The first kappa shape index (κ1) is 21.0. The van der Waals surface area contributed by atoms with Crippen LogP contribution in [0.2, 0.25) is 0 Å². The summed E-state index contributed by atoms with van der Waals surface area (Å²) in [6, 6.07) is 11.5. The van der Waals surface area contributed by atoms with E-state index >= 15 is 0 Å². The summed E-state index contributed by atoms with van der Waals surface area (Å²) in [6.45, 7) is 3.59. The van der Waals surface area contributed by atoms with Gasteiger partial charge >= 0.3 is 0 Å². The van der Waals surface area contributed by atoms with Crippen LogP contribution in [0.25, 0.3) is 10.9 Å². The lowest BCUT2D eigenvalue weighted by Gasteiger charge is -2.16. The fourth-order valence-electron chi connectivity index (χ4n) is 2.79. The van der Waals surface area contributed by atoms with Crippen LogP contribution in [0.3, 0.4) is 0 Å². The molecule has 6 nitrogen and oxygen atoms in total. The number of hydrogen-bond donors (Lipinski definition) is 2. The van der Waals surface area contributed by atoms with Gasteiger partial charge in [0.05, 0.1) is 16.2 Å². The SMILES string of the molecule is Cc1ccc(NC(=O)C(C)Sc2nc3ccccc3c(=O)n2CCCO)cc1F. The number of aliphatic hydroxyl groups excluding tert-OH is 1. The van der Waals surface area contributed by atoms with E-state index in [1.54, 1.807) is 50.2 Å². The van der Waals surface area contributed by atoms with E-state index in [1.807, 2.05) is 0 Å². The van der Waals surface area contributed by atoms with Crippen molar-refractivity contribution in [3.8, 4) is 0 Å².